The monoisotopic (exact) mass is 348 g/mol. The van der Waals surface area contributed by atoms with E-state index < -0.39 is 39.0 Å². The summed E-state index contributed by atoms with van der Waals surface area (Å²) in [4.78, 5) is 23.7. The molecule has 0 saturated carbocycles. The van der Waals surface area contributed by atoms with E-state index in [4.69, 9.17) is 4.74 Å². The Labute approximate surface area is 138 Å². The van der Waals surface area contributed by atoms with E-state index in [1.807, 2.05) is 0 Å². The summed E-state index contributed by atoms with van der Waals surface area (Å²) >= 11 is 0. The second-order valence-electron chi connectivity index (χ2n) is 7.08. The van der Waals surface area contributed by atoms with Crippen LogP contribution in [0.15, 0.2) is 12.2 Å². The van der Waals surface area contributed by atoms with Gasteiger partial charge in [-0.05, 0) is 27.7 Å². The third kappa shape index (κ3) is 8.13. The van der Waals surface area contributed by atoms with E-state index in [9.17, 15) is 18.0 Å². The predicted molar refractivity (Wildman–Crippen MR) is 89.2 cm³/mol. The van der Waals surface area contributed by atoms with Crippen molar-refractivity contribution in [3.8, 4) is 0 Å². The fraction of sp³-hybridized carbons (Fsp3) is 0.733. The fourth-order valence-electron chi connectivity index (χ4n) is 1.66. The third-order valence-corrected chi connectivity index (χ3v) is 4.12. The van der Waals surface area contributed by atoms with Crippen LogP contribution >= 0.6 is 0 Å². The van der Waals surface area contributed by atoms with E-state index >= 15 is 0 Å². The van der Waals surface area contributed by atoms with Crippen molar-refractivity contribution in [2.75, 3.05) is 12.8 Å². The highest BCUT2D eigenvalue weighted by molar-refractivity contribution is 7.88. The van der Waals surface area contributed by atoms with Crippen LogP contribution in [0.5, 0.6) is 0 Å². The van der Waals surface area contributed by atoms with Gasteiger partial charge in [-0.25, -0.2) is 13.1 Å². The fourth-order valence-corrected chi connectivity index (χ4v) is 2.60. The van der Waals surface area contributed by atoms with Gasteiger partial charge in [-0.2, -0.15) is 0 Å². The van der Waals surface area contributed by atoms with Gasteiger partial charge in [0.05, 0.1) is 6.26 Å². The van der Waals surface area contributed by atoms with Crippen molar-refractivity contribution in [3.63, 3.8) is 0 Å². The van der Waals surface area contributed by atoms with Crippen LogP contribution in [-0.4, -0.2) is 44.7 Å². The molecule has 0 spiro atoms. The minimum absolute atomic E-state index is 0.171. The number of amides is 1. The number of rotatable bonds is 7. The molecule has 1 amide bonds. The first kappa shape index (κ1) is 21.6. The topological polar surface area (TPSA) is 102 Å². The number of esters is 1. The van der Waals surface area contributed by atoms with Crippen LogP contribution in [-0.2, 0) is 24.3 Å². The summed E-state index contributed by atoms with van der Waals surface area (Å²) < 4.78 is 30.2. The molecule has 134 valence electrons. The molecule has 0 heterocycles. The summed E-state index contributed by atoms with van der Waals surface area (Å²) in [6, 6.07) is -0.544. The van der Waals surface area contributed by atoms with Crippen molar-refractivity contribution in [2.24, 2.45) is 5.41 Å². The molecule has 7 nitrogen and oxygen atoms in total. The lowest BCUT2D eigenvalue weighted by molar-refractivity contribution is -0.154. The normalized spacial score (nSPS) is 14.0. The first-order valence-corrected chi connectivity index (χ1v) is 9.12. The molecule has 1 atom stereocenters. The molecule has 23 heavy (non-hydrogen) atoms. The molecular weight excluding hydrogens is 320 g/mol. The van der Waals surface area contributed by atoms with E-state index in [0.29, 0.717) is 0 Å². The van der Waals surface area contributed by atoms with Gasteiger partial charge in [0.2, 0.25) is 15.9 Å². The average molecular weight is 348 g/mol. The first-order chi connectivity index (χ1) is 10.1. The summed E-state index contributed by atoms with van der Waals surface area (Å²) in [5, 5.41) is 2.44. The maximum absolute atomic E-state index is 12.1. The van der Waals surface area contributed by atoms with Gasteiger partial charge in [0.25, 0.3) is 0 Å². The molecule has 0 saturated heterocycles. The molecule has 8 heteroatoms. The van der Waals surface area contributed by atoms with Gasteiger partial charge in [0.15, 0.2) is 0 Å². The van der Waals surface area contributed by atoms with Crippen LogP contribution in [0.3, 0.4) is 0 Å². The van der Waals surface area contributed by atoms with Crippen molar-refractivity contribution in [1.82, 2.24) is 10.0 Å². The minimum atomic E-state index is -3.41. The number of carbonyl (C=O) groups is 2. The van der Waals surface area contributed by atoms with E-state index in [0.717, 1.165) is 6.26 Å². The molecule has 0 bridgehead atoms. The van der Waals surface area contributed by atoms with E-state index in [1.165, 1.54) is 0 Å². The molecule has 0 aromatic rings. The van der Waals surface area contributed by atoms with Crippen LogP contribution in [0, 0.1) is 5.41 Å². The van der Waals surface area contributed by atoms with Crippen LogP contribution in [0.1, 0.15) is 41.5 Å². The van der Waals surface area contributed by atoms with Crippen LogP contribution in [0.25, 0.3) is 0 Å². The number of hydrogen-bond acceptors (Lipinski definition) is 5. The second-order valence-corrected chi connectivity index (χ2v) is 8.86. The highest BCUT2D eigenvalue weighted by Gasteiger charge is 2.34. The molecule has 0 aliphatic heterocycles. The number of ether oxygens (including phenoxy) is 1. The summed E-state index contributed by atoms with van der Waals surface area (Å²) in [6.07, 6.45) is 1.05. The van der Waals surface area contributed by atoms with Gasteiger partial charge in [-0.1, -0.05) is 20.4 Å². The van der Waals surface area contributed by atoms with E-state index in [-0.39, 0.29) is 12.1 Å². The van der Waals surface area contributed by atoms with Crippen molar-refractivity contribution in [1.29, 1.82) is 0 Å². The SMILES string of the molecule is C=C(C(=O)NCC(=O)OC(C)(C)C)C(C)(C)[C@H](C)NS(C)(=O)=O. The van der Waals surface area contributed by atoms with Crippen molar-refractivity contribution in [2.45, 2.75) is 53.2 Å². The molecule has 0 aromatic carbocycles. The number of nitrogens with one attached hydrogen (secondary N) is 2. The average Bonchev–Trinajstić information content (AvgIpc) is 2.30. The second kappa shape index (κ2) is 7.44. The van der Waals surface area contributed by atoms with E-state index in [1.54, 1.807) is 41.5 Å². The van der Waals surface area contributed by atoms with Crippen LogP contribution in [0.2, 0.25) is 0 Å². The summed E-state index contributed by atoms with van der Waals surface area (Å²) in [7, 11) is -3.41. The summed E-state index contributed by atoms with van der Waals surface area (Å²) in [5.41, 5.74) is -1.29. The van der Waals surface area contributed by atoms with Gasteiger partial charge >= 0.3 is 5.97 Å². The van der Waals surface area contributed by atoms with Crippen molar-refractivity contribution in [3.05, 3.63) is 12.2 Å². The smallest absolute Gasteiger partial charge is 0.325 e. The van der Waals surface area contributed by atoms with Crippen LogP contribution < -0.4 is 10.0 Å². The first-order valence-electron chi connectivity index (χ1n) is 7.23. The van der Waals surface area contributed by atoms with Crippen molar-refractivity contribution < 1.29 is 22.7 Å². The zero-order valence-corrected chi connectivity index (χ0v) is 15.8. The minimum Gasteiger partial charge on any atom is -0.459 e. The molecule has 0 rings (SSSR count). The molecule has 0 unspecified atom stereocenters. The Hall–Kier alpha value is -1.41. The zero-order valence-electron chi connectivity index (χ0n) is 14.9. The molecule has 0 aliphatic carbocycles. The number of hydrogen-bond donors (Lipinski definition) is 2. The lowest BCUT2D eigenvalue weighted by atomic mass is 9.78. The molecule has 2 N–H and O–H groups in total. The van der Waals surface area contributed by atoms with E-state index in [2.05, 4.69) is 16.6 Å². The highest BCUT2D eigenvalue weighted by Crippen LogP contribution is 2.29. The maximum atomic E-state index is 12.1. The number of carbonyl (C=O) groups excluding carboxylic acids is 2. The Balaban J connectivity index is 4.76. The lowest BCUT2D eigenvalue weighted by Gasteiger charge is -2.33. The quantitative estimate of drug-likeness (QED) is 0.527. The van der Waals surface area contributed by atoms with Gasteiger partial charge in [-0.3, -0.25) is 9.59 Å². The maximum Gasteiger partial charge on any atom is 0.325 e. The largest absolute Gasteiger partial charge is 0.459 e. The van der Waals surface area contributed by atoms with Gasteiger partial charge < -0.3 is 10.1 Å². The molecule has 0 fully saturated rings. The zero-order chi connectivity index (χ0) is 18.6. The van der Waals surface area contributed by atoms with Gasteiger partial charge in [-0.15, -0.1) is 0 Å². The lowest BCUT2D eigenvalue weighted by Crippen LogP contribution is -2.46. The van der Waals surface area contributed by atoms with Gasteiger partial charge in [0, 0.05) is 17.0 Å². The third-order valence-electron chi connectivity index (χ3n) is 3.34. The Kier molecular flexibility index (Phi) is 6.98. The summed E-state index contributed by atoms with van der Waals surface area (Å²) in [6.45, 7) is 13.7. The standard InChI is InChI=1S/C15H28N2O5S/c1-10(15(6,7)11(2)17-23(8,20)21)13(19)16-9-12(18)22-14(3,4)5/h11,17H,1,9H2,2-8H3,(H,16,19)/t11-/m0/s1. The number of sulfonamides is 1. The Bertz CT molecular complexity index is 573. The van der Waals surface area contributed by atoms with Crippen molar-refractivity contribution >= 4 is 21.9 Å². The Morgan fingerprint density at radius 1 is 1.17 bits per heavy atom. The molecular formula is C15H28N2O5S. The van der Waals surface area contributed by atoms with Gasteiger partial charge in [0.1, 0.15) is 12.1 Å². The Morgan fingerprint density at radius 2 is 1.65 bits per heavy atom. The molecule has 0 aromatic heterocycles. The Morgan fingerprint density at radius 3 is 2.04 bits per heavy atom. The molecule has 0 radical (unpaired) electrons. The molecule has 0 aliphatic rings. The predicted octanol–water partition coefficient (Wildman–Crippen LogP) is 0.964. The highest BCUT2D eigenvalue weighted by atomic mass is 32.2. The van der Waals surface area contributed by atoms with Crippen LogP contribution in [0.4, 0.5) is 0 Å². The summed E-state index contributed by atoms with van der Waals surface area (Å²) in [5.74, 6) is -1.08.